The Balaban J connectivity index is 1.67. The third-order valence-corrected chi connectivity index (χ3v) is 6.32. The van der Waals surface area contributed by atoms with Crippen molar-refractivity contribution in [1.82, 2.24) is 18.7 Å². The van der Waals surface area contributed by atoms with Crippen molar-refractivity contribution in [3.63, 3.8) is 0 Å². The van der Waals surface area contributed by atoms with Gasteiger partial charge in [0.2, 0.25) is 5.95 Å². The molecule has 7 nitrogen and oxygen atoms in total. The number of nitrogens with zero attached hydrogens (tertiary/aromatic N) is 5. The second kappa shape index (κ2) is 7.82. The quantitative estimate of drug-likeness (QED) is 0.500. The van der Waals surface area contributed by atoms with E-state index in [0.717, 1.165) is 29.3 Å². The fraction of sp³-hybridized carbons (Fsp3) is 0.320. The van der Waals surface area contributed by atoms with Crippen LogP contribution in [0.25, 0.3) is 11.2 Å². The number of aromatic nitrogens is 4. The molecule has 0 bridgehead atoms. The summed E-state index contributed by atoms with van der Waals surface area (Å²) in [6, 6.07) is 18.1. The Hall–Kier alpha value is -3.61. The van der Waals surface area contributed by atoms with Crippen LogP contribution in [-0.4, -0.2) is 25.2 Å². The maximum absolute atomic E-state index is 13.5. The lowest BCUT2D eigenvalue weighted by atomic mass is 10.1. The summed E-state index contributed by atoms with van der Waals surface area (Å²) in [4.78, 5) is 33.6. The summed E-state index contributed by atoms with van der Waals surface area (Å²) in [7, 11) is 1.70. The lowest BCUT2D eigenvalue weighted by Crippen LogP contribution is -2.40. The van der Waals surface area contributed by atoms with Crippen molar-refractivity contribution in [2.45, 2.75) is 33.4 Å². The first kappa shape index (κ1) is 20.3. The summed E-state index contributed by atoms with van der Waals surface area (Å²) in [5.74, 6) is 1.05. The molecule has 0 radical (unpaired) electrons. The molecular weight excluding hydrogens is 402 g/mol. The Kier molecular flexibility index (Phi) is 4.96. The SMILES string of the molecule is Cc1ccccc1N1C[C@H](C)Cn2c1nc1c2c(=O)n(CCc2ccccc2)c(=O)n1C. The Morgan fingerprint density at radius 3 is 2.47 bits per heavy atom. The number of hydrogen-bond acceptors (Lipinski definition) is 4. The zero-order valence-corrected chi connectivity index (χ0v) is 18.7. The van der Waals surface area contributed by atoms with Gasteiger partial charge in [0.05, 0.1) is 0 Å². The molecule has 1 aliphatic heterocycles. The van der Waals surface area contributed by atoms with E-state index in [0.29, 0.717) is 36.6 Å². The molecule has 1 aliphatic rings. The molecule has 0 spiro atoms. The van der Waals surface area contributed by atoms with E-state index in [1.807, 2.05) is 47.0 Å². The lowest BCUT2D eigenvalue weighted by molar-refractivity contribution is 0.457. The van der Waals surface area contributed by atoms with Gasteiger partial charge in [-0.2, -0.15) is 4.98 Å². The van der Waals surface area contributed by atoms with Crippen molar-refractivity contribution < 1.29 is 0 Å². The van der Waals surface area contributed by atoms with Crippen LogP contribution in [0.3, 0.4) is 0 Å². The van der Waals surface area contributed by atoms with Gasteiger partial charge in [0, 0.05) is 32.4 Å². The third-order valence-electron chi connectivity index (χ3n) is 6.32. The number of fused-ring (bicyclic) bond motifs is 3. The molecule has 32 heavy (non-hydrogen) atoms. The molecule has 0 saturated carbocycles. The van der Waals surface area contributed by atoms with E-state index in [2.05, 4.69) is 30.9 Å². The summed E-state index contributed by atoms with van der Waals surface area (Å²) >= 11 is 0. The van der Waals surface area contributed by atoms with E-state index < -0.39 is 0 Å². The van der Waals surface area contributed by atoms with Crippen molar-refractivity contribution >= 4 is 22.8 Å². The van der Waals surface area contributed by atoms with Crippen molar-refractivity contribution in [3.8, 4) is 0 Å². The average Bonchev–Trinajstić information content (AvgIpc) is 3.18. The summed E-state index contributed by atoms with van der Waals surface area (Å²) in [6.07, 6.45) is 0.619. The van der Waals surface area contributed by atoms with E-state index in [-0.39, 0.29) is 11.2 Å². The van der Waals surface area contributed by atoms with Crippen LogP contribution in [0.5, 0.6) is 0 Å². The van der Waals surface area contributed by atoms with Gasteiger partial charge < -0.3 is 9.47 Å². The second-order valence-electron chi connectivity index (χ2n) is 8.73. The summed E-state index contributed by atoms with van der Waals surface area (Å²) in [6.45, 7) is 6.09. The largest absolute Gasteiger partial charge is 0.332 e. The predicted octanol–water partition coefficient (Wildman–Crippen LogP) is 3.24. The number of imidazole rings is 1. The molecule has 0 fully saturated rings. The summed E-state index contributed by atoms with van der Waals surface area (Å²) in [5, 5.41) is 0. The molecule has 3 heterocycles. The van der Waals surface area contributed by atoms with E-state index in [1.165, 1.54) is 9.13 Å². The number of hydrogen-bond donors (Lipinski definition) is 0. The molecule has 7 heteroatoms. The van der Waals surface area contributed by atoms with E-state index in [1.54, 1.807) is 7.05 Å². The van der Waals surface area contributed by atoms with Gasteiger partial charge in [-0.3, -0.25) is 13.9 Å². The topological polar surface area (TPSA) is 65.1 Å². The predicted molar refractivity (Wildman–Crippen MR) is 127 cm³/mol. The minimum atomic E-state index is -0.329. The molecule has 1 atom stereocenters. The van der Waals surface area contributed by atoms with Crippen molar-refractivity contribution in [2.24, 2.45) is 13.0 Å². The Bertz CT molecular complexity index is 1410. The Morgan fingerprint density at radius 1 is 1.00 bits per heavy atom. The van der Waals surface area contributed by atoms with E-state index in [4.69, 9.17) is 4.98 Å². The van der Waals surface area contributed by atoms with Gasteiger partial charge >= 0.3 is 5.69 Å². The molecule has 0 amide bonds. The highest BCUT2D eigenvalue weighted by atomic mass is 16.2. The number of benzene rings is 2. The van der Waals surface area contributed by atoms with Gasteiger partial charge in [-0.05, 0) is 36.5 Å². The number of anilines is 2. The van der Waals surface area contributed by atoms with Gasteiger partial charge in [0.1, 0.15) is 0 Å². The van der Waals surface area contributed by atoms with Crippen LogP contribution in [0.2, 0.25) is 0 Å². The van der Waals surface area contributed by atoms with Gasteiger partial charge in [0.25, 0.3) is 5.56 Å². The second-order valence-corrected chi connectivity index (χ2v) is 8.73. The Labute approximate surface area is 186 Å². The summed E-state index contributed by atoms with van der Waals surface area (Å²) < 4.78 is 4.85. The fourth-order valence-corrected chi connectivity index (χ4v) is 4.66. The van der Waals surface area contributed by atoms with Crippen LogP contribution in [0.4, 0.5) is 11.6 Å². The summed E-state index contributed by atoms with van der Waals surface area (Å²) in [5.41, 5.74) is 3.66. The van der Waals surface area contributed by atoms with Crippen molar-refractivity contribution in [3.05, 3.63) is 86.6 Å². The molecule has 0 N–H and O–H groups in total. The van der Waals surface area contributed by atoms with Crippen LogP contribution in [0.15, 0.2) is 64.2 Å². The molecule has 0 saturated heterocycles. The number of para-hydroxylation sites is 1. The molecule has 5 rings (SSSR count). The molecule has 0 aliphatic carbocycles. The first-order chi connectivity index (χ1) is 15.5. The highest BCUT2D eigenvalue weighted by Gasteiger charge is 2.30. The average molecular weight is 430 g/mol. The minimum absolute atomic E-state index is 0.267. The van der Waals surface area contributed by atoms with Crippen LogP contribution >= 0.6 is 0 Å². The molecule has 2 aromatic heterocycles. The van der Waals surface area contributed by atoms with Gasteiger partial charge in [-0.1, -0.05) is 55.5 Å². The van der Waals surface area contributed by atoms with E-state index in [9.17, 15) is 9.59 Å². The molecule has 4 aromatic rings. The van der Waals surface area contributed by atoms with Gasteiger partial charge in [-0.15, -0.1) is 0 Å². The van der Waals surface area contributed by atoms with Crippen LogP contribution in [0.1, 0.15) is 18.1 Å². The van der Waals surface area contributed by atoms with Crippen molar-refractivity contribution in [1.29, 1.82) is 0 Å². The molecule has 0 unspecified atom stereocenters. The normalized spacial score (nSPS) is 15.8. The van der Waals surface area contributed by atoms with Gasteiger partial charge in [-0.25, -0.2) is 4.79 Å². The number of rotatable bonds is 4. The first-order valence-electron chi connectivity index (χ1n) is 11.0. The van der Waals surface area contributed by atoms with Crippen LogP contribution in [0, 0.1) is 12.8 Å². The highest BCUT2D eigenvalue weighted by molar-refractivity contribution is 5.77. The van der Waals surface area contributed by atoms with Crippen LogP contribution < -0.4 is 16.1 Å². The molecule has 2 aromatic carbocycles. The Morgan fingerprint density at radius 2 is 1.72 bits per heavy atom. The van der Waals surface area contributed by atoms with Crippen LogP contribution in [-0.2, 0) is 26.6 Å². The van der Waals surface area contributed by atoms with Crippen molar-refractivity contribution in [2.75, 3.05) is 11.4 Å². The smallest absolute Gasteiger partial charge is 0.311 e. The van der Waals surface area contributed by atoms with Gasteiger partial charge in [0.15, 0.2) is 11.2 Å². The minimum Gasteiger partial charge on any atom is -0.311 e. The first-order valence-corrected chi connectivity index (χ1v) is 11.0. The maximum atomic E-state index is 13.5. The lowest BCUT2D eigenvalue weighted by Gasteiger charge is -2.33. The number of aryl methyl sites for hydroxylation is 3. The molecule has 164 valence electrons. The molecular formula is C25H27N5O2. The fourth-order valence-electron chi connectivity index (χ4n) is 4.66. The maximum Gasteiger partial charge on any atom is 0.332 e. The zero-order valence-electron chi connectivity index (χ0n) is 18.7. The van der Waals surface area contributed by atoms with E-state index >= 15 is 0 Å². The third kappa shape index (κ3) is 3.25. The zero-order chi connectivity index (χ0) is 22.4. The monoisotopic (exact) mass is 429 g/mol. The highest BCUT2D eigenvalue weighted by Crippen LogP contribution is 2.34. The standard InChI is InChI=1S/C25H27N5O2/c1-17-15-29(20-12-8-7-9-18(20)2)24-26-22-21(30(24)16-17)23(31)28(25(32)27(22)3)14-13-19-10-5-4-6-11-19/h4-12,17H,13-16H2,1-3H3/t17-/m0/s1.